The Morgan fingerprint density at radius 3 is 2.83 bits per heavy atom. The highest BCUT2D eigenvalue weighted by Crippen LogP contribution is 2.32. The van der Waals surface area contributed by atoms with Crippen LogP contribution in [0.1, 0.15) is 45.4 Å². The van der Waals surface area contributed by atoms with Gasteiger partial charge >= 0.3 is 6.09 Å². The predicted molar refractivity (Wildman–Crippen MR) is 92.8 cm³/mol. The van der Waals surface area contributed by atoms with Crippen molar-refractivity contribution in [2.75, 3.05) is 0 Å². The summed E-state index contributed by atoms with van der Waals surface area (Å²) in [7, 11) is 0. The van der Waals surface area contributed by atoms with Crippen molar-refractivity contribution in [3.63, 3.8) is 0 Å². The molecule has 0 saturated heterocycles. The van der Waals surface area contributed by atoms with Crippen LogP contribution in [0, 0.1) is 5.82 Å². The predicted octanol–water partition coefficient (Wildman–Crippen LogP) is 4.18. The van der Waals surface area contributed by atoms with Crippen LogP contribution in [-0.4, -0.2) is 22.3 Å². The molecule has 5 heteroatoms. The molecule has 0 fully saturated rings. The standard InChI is InChI=1S/C19H25FN2O2/c1-5-22-16-8-6-12(20)10-14(16)15-11-13(7-9-17(15)22)21-18(23)24-19(2,3)4/h6,8,10,13H,5,7,9,11H2,1-4H3,(H,21,23)/t13-/m0/s1. The van der Waals surface area contributed by atoms with Crippen molar-refractivity contribution in [2.45, 2.75) is 65.1 Å². The summed E-state index contributed by atoms with van der Waals surface area (Å²) in [6.07, 6.45) is 2.06. The molecule has 1 N–H and O–H groups in total. The zero-order chi connectivity index (χ0) is 17.5. The Balaban J connectivity index is 1.86. The molecule has 0 aliphatic heterocycles. The van der Waals surface area contributed by atoms with Crippen LogP contribution in [0.2, 0.25) is 0 Å². The number of halogens is 1. The van der Waals surface area contributed by atoms with Crippen molar-refractivity contribution in [1.29, 1.82) is 0 Å². The average Bonchev–Trinajstić information content (AvgIpc) is 2.77. The third kappa shape index (κ3) is 3.25. The average molecular weight is 332 g/mol. The minimum atomic E-state index is -0.509. The molecule has 130 valence electrons. The summed E-state index contributed by atoms with van der Waals surface area (Å²) < 4.78 is 21.3. The van der Waals surface area contributed by atoms with Crippen LogP contribution in [0.3, 0.4) is 0 Å². The third-order valence-corrected chi connectivity index (χ3v) is 4.47. The van der Waals surface area contributed by atoms with Crippen molar-refractivity contribution in [3.05, 3.63) is 35.3 Å². The van der Waals surface area contributed by atoms with E-state index in [-0.39, 0.29) is 18.0 Å². The molecule has 1 aromatic carbocycles. The van der Waals surface area contributed by atoms with Crippen molar-refractivity contribution in [2.24, 2.45) is 0 Å². The molecular formula is C19H25FN2O2. The number of nitrogens with one attached hydrogen (secondary N) is 1. The van der Waals surface area contributed by atoms with Crippen molar-refractivity contribution in [3.8, 4) is 0 Å². The zero-order valence-electron chi connectivity index (χ0n) is 14.8. The number of ether oxygens (including phenoxy) is 1. The molecule has 0 spiro atoms. The van der Waals surface area contributed by atoms with Gasteiger partial charge in [0.05, 0.1) is 0 Å². The smallest absolute Gasteiger partial charge is 0.407 e. The van der Waals surface area contributed by atoms with Crippen LogP contribution < -0.4 is 5.32 Å². The molecular weight excluding hydrogens is 307 g/mol. The first-order chi connectivity index (χ1) is 11.3. The number of rotatable bonds is 2. The summed E-state index contributed by atoms with van der Waals surface area (Å²) in [4.78, 5) is 12.0. The fraction of sp³-hybridized carbons (Fsp3) is 0.526. The molecule has 24 heavy (non-hydrogen) atoms. The van der Waals surface area contributed by atoms with Crippen LogP contribution in [-0.2, 0) is 24.1 Å². The molecule has 1 amide bonds. The number of hydrogen-bond acceptors (Lipinski definition) is 2. The quantitative estimate of drug-likeness (QED) is 0.896. The van der Waals surface area contributed by atoms with Crippen molar-refractivity contribution in [1.82, 2.24) is 9.88 Å². The zero-order valence-corrected chi connectivity index (χ0v) is 14.8. The molecule has 1 atom stereocenters. The fourth-order valence-electron chi connectivity index (χ4n) is 3.58. The summed E-state index contributed by atoms with van der Waals surface area (Å²) in [5, 5.41) is 3.92. The summed E-state index contributed by atoms with van der Waals surface area (Å²) in [5.74, 6) is -0.222. The van der Waals surface area contributed by atoms with E-state index in [1.165, 1.54) is 11.8 Å². The summed E-state index contributed by atoms with van der Waals surface area (Å²) in [6.45, 7) is 8.52. The maximum absolute atomic E-state index is 13.7. The van der Waals surface area contributed by atoms with Gasteiger partial charge < -0.3 is 14.6 Å². The molecule has 2 aromatic rings. The molecule has 0 bridgehead atoms. The molecule has 1 aliphatic carbocycles. The number of alkyl carbamates (subject to hydrolysis) is 1. The number of nitrogens with zero attached hydrogens (tertiary/aromatic N) is 1. The molecule has 0 saturated carbocycles. The van der Waals surface area contributed by atoms with Gasteiger partial charge in [0.25, 0.3) is 0 Å². The largest absolute Gasteiger partial charge is 0.444 e. The number of carbonyl (C=O) groups is 1. The molecule has 3 rings (SSSR count). The van der Waals surface area contributed by atoms with Gasteiger partial charge in [0.2, 0.25) is 0 Å². The van der Waals surface area contributed by atoms with Crippen LogP contribution in [0.5, 0.6) is 0 Å². The second-order valence-electron chi connectivity index (χ2n) is 7.42. The molecule has 4 nitrogen and oxygen atoms in total. The van der Waals surface area contributed by atoms with Gasteiger partial charge in [0.1, 0.15) is 11.4 Å². The Morgan fingerprint density at radius 1 is 1.42 bits per heavy atom. The first-order valence-corrected chi connectivity index (χ1v) is 8.57. The van der Waals surface area contributed by atoms with Gasteiger partial charge in [-0.25, -0.2) is 9.18 Å². The first kappa shape index (κ1) is 16.8. The van der Waals surface area contributed by atoms with E-state index >= 15 is 0 Å². The van der Waals surface area contributed by atoms with Gasteiger partial charge in [-0.2, -0.15) is 0 Å². The topological polar surface area (TPSA) is 43.3 Å². The number of fused-ring (bicyclic) bond motifs is 3. The number of aromatic nitrogens is 1. The van der Waals surface area contributed by atoms with Gasteiger partial charge in [0, 0.05) is 29.2 Å². The Bertz CT molecular complexity index is 774. The van der Waals surface area contributed by atoms with Gasteiger partial charge in [-0.3, -0.25) is 0 Å². The highest BCUT2D eigenvalue weighted by molar-refractivity contribution is 5.86. The summed E-state index contributed by atoms with van der Waals surface area (Å²) in [5.41, 5.74) is 2.98. The SMILES string of the molecule is CCn1c2c(c3cc(F)ccc31)C[C@@H](NC(=O)OC(C)(C)C)CC2. The number of carbonyl (C=O) groups excluding carboxylic acids is 1. The lowest BCUT2D eigenvalue weighted by Gasteiger charge is -2.27. The maximum Gasteiger partial charge on any atom is 0.407 e. The molecule has 0 unspecified atom stereocenters. The number of amides is 1. The lowest BCUT2D eigenvalue weighted by Crippen LogP contribution is -2.42. The van der Waals surface area contributed by atoms with Crippen LogP contribution in [0.25, 0.3) is 10.9 Å². The molecule has 1 heterocycles. The minimum Gasteiger partial charge on any atom is -0.444 e. The monoisotopic (exact) mass is 332 g/mol. The highest BCUT2D eigenvalue weighted by atomic mass is 19.1. The molecule has 0 radical (unpaired) electrons. The maximum atomic E-state index is 13.7. The fourth-order valence-corrected chi connectivity index (χ4v) is 3.58. The van der Waals surface area contributed by atoms with E-state index in [1.807, 2.05) is 26.8 Å². The highest BCUT2D eigenvalue weighted by Gasteiger charge is 2.27. The van der Waals surface area contributed by atoms with Gasteiger partial charge in [0.15, 0.2) is 0 Å². The Morgan fingerprint density at radius 2 is 2.17 bits per heavy atom. The second-order valence-corrected chi connectivity index (χ2v) is 7.42. The van der Waals surface area contributed by atoms with E-state index in [4.69, 9.17) is 4.74 Å². The van der Waals surface area contributed by atoms with E-state index in [9.17, 15) is 9.18 Å². The normalized spacial score (nSPS) is 17.6. The minimum absolute atomic E-state index is 0.0199. The van der Waals surface area contributed by atoms with Gasteiger partial charge in [-0.1, -0.05) is 0 Å². The van der Waals surface area contributed by atoms with Crippen LogP contribution >= 0.6 is 0 Å². The molecule has 1 aliphatic rings. The van der Waals surface area contributed by atoms with Crippen LogP contribution in [0.4, 0.5) is 9.18 Å². The van der Waals surface area contributed by atoms with Crippen molar-refractivity contribution >= 4 is 17.0 Å². The Labute approximate surface area is 142 Å². The van der Waals surface area contributed by atoms with E-state index < -0.39 is 5.60 Å². The first-order valence-electron chi connectivity index (χ1n) is 8.57. The van der Waals surface area contributed by atoms with E-state index in [1.54, 1.807) is 6.07 Å². The Kier molecular flexibility index (Phi) is 4.28. The molecule has 1 aromatic heterocycles. The van der Waals surface area contributed by atoms with E-state index in [0.717, 1.165) is 35.9 Å². The second kappa shape index (κ2) is 6.11. The van der Waals surface area contributed by atoms with E-state index in [2.05, 4.69) is 16.8 Å². The Hall–Kier alpha value is -2.04. The number of benzene rings is 1. The third-order valence-electron chi connectivity index (χ3n) is 4.47. The number of hydrogen-bond donors (Lipinski definition) is 1. The van der Waals surface area contributed by atoms with Crippen molar-refractivity contribution < 1.29 is 13.9 Å². The van der Waals surface area contributed by atoms with Gasteiger partial charge in [-0.05, 0) is 70.7 Å². The lowest BCUT2D eigenvalue weighted by atomic mass is 9.91. The number of aryl methyl sites for hydroxylation is 1. The van der Waals surface area contributed by atoms with Gasteiger partial charge in [-0.15, -0.1) is 0 Å². The lowest BCUT2D eigenvalue weighted by molar-refractivity contribution is 0.0500. The summed E-state index contributed by atoms with van der Waals surface area (Å²) >= 11 is 0. The summed E-state index contributed by atoms with van der Waals surface area (Å²) in [6, 6.07) is 4.99. The van der Waals surface area contributed by atoms with E-state index in [0.29, 0.717) is 6.42 Å². The van der Waals surface area contributed by atoms with Crippen LogP contribution in [0.15, 0.2) is 18.2 Å².